The predicted molar refractivity (Wildman–Crippen MR) is 124 cm³/mol. The van der Waals surface area contributed by atoms with Gasteiger partial charge in [-0.2, -0.15) is 4.98 Å². The molecule has 0 radical (unpaired) electrons. The van der Waals surface area contributed by atoms with Crippen molar-refractivity contribution in [1.29, 1.82) is 0 Å². The van der Waals surface area contributed by atoms with Gasteiger partial charge in [-0.15, -0.1) is 0 Å². The van der Waals surface area contributed by atoms with E-state index in [2.05, 4.69) is 30.5 Å². The fraction of sp³-hybridized carbons (Fsp3) is 0.435. The number of carbonyl (C=O) groups is 1. The number of aromatic nitrogens is 4. The highest BCUT2D eigenvalue weighted by Gasteiger charge is 2.46. The van der Waals surface area contributed by atoms with E-state index in [1.807, 2.05) is 6.07 Å². The van der Waals surface area contributed by atoms with Crippen LogP contribution in [0, 0.1) is 6.92 Å². The molecular formula is C23H25F2N7O2. The number of carbonyl (C=O) groups excluding carboxylic acids is 1. The van der Waals surface area contributed by atoms with Crippen LogP contribution in [0.5, 0.6) is 0 Å². The Bertz CT molecular complexity index is 1290. The van der Waals surface area contributed by atoms with Gasteiger partial charge in [-0.05, 0) is 37.5 Å². The van der Waals surface area contributed by atoms with Gasteiger partial charge in [-0.3, -0.25) is 14.2 Å². The minimum atomic E-state index is -3.06. The highest BCUT2D eigenvalue weighted by atomic mass is 19.3. The molecule has 1 unspecified atom stereocenters. The Morgan fingerprint density at radius 3 is 2.65 bits per heavy atom. The van der Waals surface area contributed by atoms with Gasteiger partial charge in [0.15, 0.2) is 6.29 Å². The predicted octanol–water partition coefficient (Wildman–Crippen LogP) is 2.82. The number of anilines is 3. The highest BCUT2D eigenvalue weighted by Crippen LogP contribution is 2.44. The Hall–Kier alpha value is -3.47. The average molecular weight is 469 g/mol. The third-order valence-corrected chi connectivity index (χ3v) is 6.63. The first-order valence-corrected chi connectivity index (χ1v) is 11.3. The molecule has 1 aliphatic heterocycles. The number of nitrogens with zero attached hydrogens (tertiary/aromatic N) is 5. The van der Waals surface area contributed by atoms with E-state index in [0.717, 1.165) is 36.4 Å². The van der Waals surface area contributed by atoms with Crippen LogP contribution in [0.4, 0.5) is 26.2 Å². The van der Waals surface area contributed by atoms with Crippen LogP contribution < -0.4 is 21.1 Å². The first kappa shape index (κ1) is 22.3. The van der Waals surface area contributed by atoms with Crippen molar-refractivity contribution in [2.45, 2.75) is 38.2 Å². The second-order valence-corrected chi connectivity index (χ2v) is 8.70. The molecule has 2 fully saturated rings. The summed E-state index contributed by atoms with van der Waals surface area (Å²) in [7, 11) is 0. The summed E-state index contributed by atoms with van der Waals surface area (Å²) in [5.74, 6) is -2.45. The molecule has 9 nitrogen and oxygen atoms in total. The normalized spacial score (nSPS) is 20.0. The fourth-order valence-corrected chi connectivity index (χ4v) is 4.75. The van der Waals surface area contributed by atoms with Crippen molar-refractivity contribution in [1.82, 2.24) is 24.8 Å². The molecule has 1 atom stereocenters. The van der Waals surface area contributed by atoms with E-state index < -0.39 is 17.5 Å². The van der Waals surface area contributed by atoms with Crippen LogP contribution in [0.3, 0.4) is 0 Å². The summed E-state index contributed by atoms with van der Waals surface area (Å²) in [6, 6.07) is 2.38. The van der Waals surface area contributed by atoms with Crippen LogP contribution in [0.15, 0.2) is 29.3 Å². The smallest absolute Gasteiger partial charge is 0.268 e. The molecule has 34 heavy (non-hydrogen) atoms. The summed E-state index contributed by atoms with van der Waals surface area (Å²) in [5, 5.41) is 6.69. The maximum absolute atomic E-state index is 14.7. The van der Waals surface area contributed by atoms with Gasteiger partial charge in [0.05, 0.1) is 17.4 Å². The van der Waals surface area contributed by atoms with Crippen molar-refractivity contribution in [3.05, 3.63) is 46.0 Å². The minimum Gasteiger partial charge on any atom is -0.368 e. The van der Waals surface area contributed by atoms with Gasteiger partial charge in [0, 0.05) is 44.2 Å². The minimum absolute atomic E-state index is 0.0783. The number of pyridine rings is 2. The molecule has 4 heterocycles. The lowest BCUT2D eigenvalue weighted by molar-refractivity contribution is -0.0305. The fourth-order valence-electron chi connectivity index (χ4n) is 4.75. The van der Waals surface area contributed by atoms with Crippen LogP contribution in [0.25, 0.3) is 11.0 Å². The molecule has 0 aromatic carbocycles. The molecule has 2 aliphatic rings. The summed E-state index contributed by atoms with van der Waals surface area (Å²) in [6.07, 6.45) is 3.72. The van der Waals surface area contributed by atoms with E-state index in [9.17, 15) is 18.4 Å². The van der Waals surface area contributed by atoms with Gasteiger partial charge >= 0.3 is 0 Å². The Kier molecular flexibility index (Phi) is 5.72. The lowest BCUT2D eigenvalue weighted by atomic mass is 10.1. The van der Waals surface area contributed by atoms with E-state index in [1.165, 1.54) is 6.20 Å². The summed E-state index contributed by atoms with van der Waals surface area (Å²) < 4.78 is 30.3. The number of piperazine rings is 1. The summed E-state index contributed by atoms with van der Waals surface area (Å²) in [5.41, 5.74) is 0.549. The van der Waals surface area contributed by atoms with Crippen molar-refractivity contribution in [3.63, 3.8) is 0 Å². The molecule has 1 saturated carbocycles. The second-order valence-electron chi connectivity index (χ2n) is 8.70. The van der Waals surface area contributed by atoms with Crippen molar-refractivity contribution in [2.75, 3.05) is 36.4 Å². The number of hydrogen-bond donors (Lipinski definition) is 2. The number of hydrogen-bond acceptors (Lipinski definition) is 8. The van der Waals surface area contributed by atoms with Crippen LogP contribution in [0.1, 0.15) is 41.2 Å². The van der Waals surface area contributed by atoms with Gasteiger partial charge in [0.2, 0.25) is 5.95 Å². The lowest BCUT2D eigenvalue weighted by Gasteiger charge is -2.29. The van der Waals surface area contributed by atoms with Crippen LogP contribution in [0.2, 0.25) is 0 Å². The highest BCUT2D eigenvalue weighted by molar-refractivity contribution is 5.88. The molecule has 0 bridgehead atoms. The molecule has 3 aromatic rings. The molecular weight excluding hydrogens is 444 g/mol. The third kappa shape index (κ3) is 3.89. The quantitative estimate of drug-likeness (QED) is 0.550. The van der Waals surface area contributed by atoms with E-state index in [1.54, 1.807) is 19.2 Å². The number of aldehydes is 1. The van der Waals surface area contributed by atoms with E-state index in [0.29, 0.717) is 23.1 Å². The molecule has 0 amide bonds. The van der Waals surface area contributed by atoms with E-state index in [-0.39, 0.29) is 36.4 Å². The number of aryl methyl sites for hydroxylation is 1. The second kappa shape index (κ2) is 8.71. The molecule has 1 saturated heterocycles. The molecule has 3 aromatic heterocycles. The summed E-state index contributed by atoms with van der Waals surface area (Å²) in [4.78, 5) is 40.0. The van der Waals surface area contributed by atoms with Gasteiger partial charge in [-0.25, -0.2) is 18.7 Å². The number of alkyl halides is 2. The molecule has 178 valence electrons. The first-order valence-electron chi connectivity index (χ1n) is 11.3. The molecule has 11 heteroatoms. The topological polar surface area (TPSA) is 105 Å². The maximum atomic E-state index is 14.7. The largest absolute Gasteiger partial charge is 0.368 e. The Balaban J connectivity index is 1.53. The van der Waals surface area contributed by atoms with Crippen molar-refractivity contribution in [3.8, 4) is 0 Å². The lowest BCUT2D eigenvalue weighted by Crippen LogP contribution is -2.43. The first-order chi connectivity index (χ1) is 16.4. The zero-order chi connectivity index (χ0) is 23.9. The molecule has 2 N–H and O–H groups in total. The van der Waals surface area contributed by atoms with Gasteiger partial charge in [0.1, 0.15) is 17.5 Å². The van der Waals surface area contributed by atoms with E-state index >= 15 is 0 Å². The average Bonchev–Trinajstić information content (AvgIpc) is 3.19. The number of rotatable bonds is 5. The van der Waals surface area contributed by atoms with E-state index in [4.69, 9.17) is 0 Å². The van der Waals surface area contributed by atoms with Crippen LogP contribution >= 0.6 is 0 Å². The maximum Gasteiger partial charge on any atom is 0.268 e. The molecule has 0 spiro atoms. The van der Waals surface area contributed by atoms with Gasteiger partial charge in [0.25, 0.3) is 11.5 Å². The monoisotopic (exact) mass is 469 g/mol. The Morgan fingerprint density at radius 2 is 2.00 bits per heavy atom. The standard InChI is InChI=1S/C23H25F2N7O2/c1-14-16-12-28-22(29-19-5-4-15(11-27-19)31-9-7-26-8-10-31)30-20(16)32(21(34)17(14)13-33)18-3-2-6-23(18,24)25/h4-5,11-13,18,26H,2-3,6-10H2,1H3,(H,27,28,29,30). The van der Waals surface area contributed by atoms with Crippen molar-refractivity contribution in [2.24, 2.45) is 0 Å². The summed E-state index contributed by atoms with van der Waals surface area (Å²) >= 11 is 0. The Labute approximate surface area is 194 Å². The number of fused-ring (bicyclic) bond motifs is 1. The number of halogens is 2. The molecule has 1 aliphatic carbocycles. The van der Waals surface area contributed by atoms with Gasteiger partial charge in [-0.1, -0.05) is 0 Å². The Morgan fingerprint density at radius 1 is 1.21 bits per heavy atom. The van der Waals surface area contributed by atoms with Gasteiger partial charge < -0.3 is 15.5 Å². The SMILES string of the molecule is Cc1c(C=O)c(=O)n(C2CCCC2(F)F)c2nc(Nc3ccc(N4CCNCC4)cn3)ncc12. The van der Waals surface area contributed by atoms with Crippen LogP contribution in [-0.4, -0.2) is 57.9 Å². The summed E-state index contributed by atoms with van der Waals surface area (Å²) in [6.45, 7) is 5.22. The zero-order valence-corrected chi connectivity index (χ0v) is 18.7. The zero-order valence-electron chi connectivity index (χ0n) is 18.7. The van der Waals surface area contributed by atoms with Crippen molar-refractivity contribution >= 4 is 34.8 Å². The van der Waals surface area contributed by atoms with Crippen molar-refractivity contribution < 1.29 is 13.6 Å². The number of nitrogens with one attached hydrogen (secondary N) is 2. The van der Waals surface area contributed by atoms with Crippen LogP contribution in [-0.2, 0) is 0 Å². The molecule has 5 rings (SSSR count). The third-order valence-electron chi connectivity index (χ3n) is 6.63.